The Labute approximate surface area is 109 Å². The van der Waals surface area contributed by atoms with Crippen LogP contribution in [0.25, 0.3) is 0 Å². The van der Waals surface area contributed by atoms with Gasteiger partial charge in [0.25, 0.3) is 5.79 Å². The summed E-state index contributed by atoms with van der Waals surface area (Å²) in [6, 6.07) is 3.94. The molecule has 106 valence electrons. The summed E-state index contributed by atoms with van der Waals surface area (Å²) in [5.41, 5.74) is -0.398. The molecule has 0 saturated carbocycles. The van der Waals surface area contributed by atoms with Gasteiger partial charge in [-0.05, 0) is 17.7 Å². The summed E-state index contributed by atoms with van der Waals surface area (Å²) in [5, 5.41) is 1.75. The summed E-state index contributed by atoms with van der Waals surface area (Å²) in [5.74, 6) is -5.57. The first-order valence-corrected chi connectivity index (χ1v) is 5.26. The molecule has 1 atom stereocenters. The quantitative estimate of drug-likeness (QED) is 0.380. The van der Waals surface area contributed by atoms with E-state index in [4.69, 9.17) is 5.11 Å². The number of hydrogen-bond acceptors (Lipinski definition) is 3. The molecule has 1 aromatic rings. The zero-order valence-electron chi connectivity index (χ0n) is 9.16. The Kier molecular flexibility index (Phi) is 4.41. The van der Waals surface area contributed by atoms with Gasteiger partial charge in [0.1, 0.15) is 0 Å². The van der Waals surface area contributed by atoms with Crippen LogP contribution in [0, 0.1) is 0 Å². The second-order valence-electron chi connectivity index (χ2n) is 3.71. The van der Waals surface area contributed by atoms with Crippen molar-refractivity contribution in [1.29, 1.82) is 0 Å². The van der Waals surface area contributed by atoms with Gasteiger partial charge in [-0.15, -0.1) is 12.6 Å². The van der Waals surface area contributed by atoms with Gasteiger partial charge in [-0.25, -0.2) is 9.18 Å². The van der Waals surface area contributed by atoms with Crippen LogP contribution in [0.15, 0.2) is 24.3 Å². The number of carboxylic acid groups (broad SMARTS) is 1. The van der Waals surface area contributed by atoms with Gasteiger partial charge >= 0.3 is 11.2 Å². The van der Waals surface area contributed by atoms with Crippen LogP contribution < -0.4 is 0 Å². The van der Waals surface area contributed by atoms with Gasteiger partial charge in [0.2, 0.25) is 0 Å². The van der Waals surface area contributed by atoms with Crippen LogP contribution in [0.4, 0.5) is 22.1 Å². The third-order valence-electron chi connectivity index (χ3n) is 2.37. The lowest BCUT2D eigenvalue weighted by molar-refractivity contribution is -0.322. The normalized spacial score (nSPS) is 15.3. The first kappa shape index (κ1) is 15.7. The third-order valence-corrected chi connectivity index (χ3v) is 2.71. The molecule has 0 amide bonds. The fraction of sp³-hybridized carbons (Fsp3) is 0.300. The second kappa shape index (κ2) is 5.33. The van der Waals surface area contributed by atoms with Gasteiger partial charge in [-0.1, -0.05) is 21.1 Å². The molecule has 3 nitrogen and oxygen atoms in total. The van der Waals surface area contributed by atoms with Crippen LogP contribution in [0.3, 0.4) is 0 Å². The minimum Gasteiger partial charge on any atom is -0.478 e. The number of nitrogens with zero attached hydrogens (tertiary/aromatic N) is 1. The van der Waals surface area contributed by atoms with Crippen LogP contribution in [0.1, 0.15) is 15.9 Å². The molecule has 0 spiro atoms. The number of aromatic carboxylic acids is 1. The minimum absolute atomic E-state index is 0.178. The molecule has 0 aromatic heterocycles. The van der Waals surface area contributed by atoms with E-state index in [0.717, 1.165) is 24.3 Å². The van der Waals surface area contributed by atoms with E-state index in [2.05, 4.69) is 12.6 Å². The van der Waals surface area contributed by atoms with E-state index < -0.39 is 28.8 Å². The van der Waals surface area contributed by atoms with Crippen molar-refractivity contribution in [3.63, 3.8) is 0 Å². The van der Waals surface area contributed by atoms with Gasteiger partial charge < -0.3 is 5.11 Å². The van der Waals surface area contributed by atoms with E-state index in [1.165, 1.54) is 0 Å². The Morgan fingerprint density at radius 1 is 1.21 bits per heavy atom. The standard InChI is InChI=1S/C10H8F5NO2S/c11-9(16(14)15,10(12,13)19)5-6-1-3-7(4-2-6)8(17)18/h1-4,19H,5H2,(H,17,18)/t9-/m1/s1. The summed E-state index contributed by atoms with van der Waals surface area (Å²) in [7, 11) is 0. The monoisotopic (exact) mass is 301 g/mol. The second-order valence-corrected chi connectivity index (χ2v) is 4.27. The minimum atomic E-state index is -4.60. The molecule has 0 aliphatic rings. The van der Waals surface area contributed by atoms with Crippen LogP contribution in [0.5, 0.6) is 0 Å². The van der Waals surface area contributed by atoms with Gasteiger partial charge in [0.15, 0.2) is 0 Å². The highest BCUT2D eigenvalue weighted by molar-refractivity contribution is 7.81. The molecule has 0 aliphatic heterocycles. The number of alkyl halides is 3. The highest BCUT2D eigenvalue weighted by atomic mass is 32.1. The third kappa shape index (κ3) is 3.35. The maximum absolute atomic E-state index is 13.6. The van der Waals surface area contributed by atoms with Gasteiger partial charge in [-0.3, -0.25) is 0 Å². The van der Waals surface area contributed by atoms with E-state index in [0.29, 0.717) is 0 Å². The molecule has 19 heavy (non-hydrogen) atoms. The van der Waals surface area contributed by atoms with E-state index >= 15 is 0 Å². The number of rotatable bonds is 5. The van der Waals surface area contributed by atoms with Crippen LogP contribution >= 0.6 is 12.6 Å². The average molecular weight is 301 g/mol. The highest BCUT2D eigenvalue weighted by Crippen LogP contribution is 2.41. The first-order valence-electron chi connectivity index (χ1n) is 4.81. The summed E-state index contributed by atoms with van der Waals surface area (Å²) in [6.45, 7) is 0. The summed E-state index contributed by atoms with van der Waals surface area (Å²) in [4.78, 5) is 10.5. The fourth-order valence-corrected chi connectivity index (χ4v) is 1.46. The molecule has 1 aromatic carbocycles. The molecular formula is C10H8F5NO2S. The Morgan fingerprint density at radius 3 is 2.00 bits per heavy atom. The molecule has 0 unspecified atom stereocenters. The Hall–Kier alpha value is -1.35. The largest absolute Gasteiger partial charge is 0.478 e. The van der Waals surface area contributed by atoms with Crippen molar-refractivity contribution in [3.8, 4) is 0 Å². The molecule has 0 heterocycles. The number of benzene rings is 1. The molecule has 1 rings (SSSR count). The predicted molar refractivity (Wildman–Crippen MR) is 58.9 cm³/mol. The van der Waals surface area contributed by atoms with Crippen molar-refractivity contribution in [1.82, 2.24) is 5.34 Å². The van der Waals surface area contributed by atoms with Gasteiger partial charge in [-0.2, -0.15) is 8.78 Å². The molecule has 0 fully saturated rings. The predicted octanol–water partition coefficient (Wildman–Crippen LogP) is 3.19. The van der Waals surface area contributed by atoms with Crippen molar-refractivity contribution in [2.75, 3.05) is 0 Å². The maximum Gasteiger partial charge on any atom is 0.343 e. The zero-order chi connectivity index (χ0) is 14.8. The molecule has 1 N–H and O–H groups in total. The van der Waals surface area contributed by atoms with Crippen LogP contribution in [-0.4, -0.2) is 27.5 Å². The van der Waals surface area contributed by atoms with Crippen molar-refractivity contribution in [2.24, 2.45) is 0 Å². The summed E-state index contributed by atoms with van der Waals surface area (Å²) >= 11 is 2.53. The molecule has 0 bridgehead atoms. The number of hydrogen-bond donors (Lipinski definition) is 2. The SMILES string of the molecule is O=C(O)c1ccc(C[C@@](F)(N(F)F)C(F)(F)S)cc1. The Balaban J connectivity index is 3.02. The first-order chi connectivity index (χ1) is 8.58. The van der Waals surface area contributed by atoms with E-state index in [9.17, 15) is 26.9 Å². The fourth-order valence-electron chi connectivity index (χ4n) is 1.30. The number of carboxylic acids is 1. The average Bonchev–Trinajstić information content (AvgIpc) is 2.27. The molecule has 9 heteroatoms. The molecular weight excluding hydrogens is 293 g/mol. The van der Waals surface area contributed by atoms with Crippen molar-refractivity contribution < 1.29 is 32.0 Å². The lowest BCUT2D eigenvalue weighted by Crippen LogP contribution is -2.50. The zero-order valence-corrected chi connectivity index (χ0v) is 10.1. The highest BCUT2D eigenvalue weighted by Gasteiger charge is 2.59. The van der Waals surface area contributed by atoms with Gasteiger partial charge in [0, 0.05) is 6.42 Å². The van der Waals surface area contributed by atoms with E-state index in [1.54, 1.807) is 0 Å². The Morgan fingerprint density at radius 2 is 1.68 bits per heavy atom. The molecule has 0 saturated heterocycles. The summed E-state index contributed by atoms with van der Waals surface area (Å²) in [6.07, 6.45) is -1.35. The van der Waals surface area contributed by atoms with Crippen LogP contribution in [0.2, 0.25) is 0 Å². The molecule has 0 radical (unpaired) electrons. The smallest absolute Gasteiger partial charge is 0.343 e. The lowest BCUT2D eigenvalue weighted by atomic mass is 10.0. The van der Waals surface area contributed by atoms with E-state index in [1.807, 2.05) is 0 Å². The number of halogens is 5. The maximum atomic E-state index is 13.6. The van der Waals surface area contributed by atoms with Crippen molar-refractivity contribution in [3.05, 3.63) is 35.4 Å². The number of carbonyl (C=O) groups is 1. The van der Waals surface area contributed by atoms with Crippen LogP contribution in [-0.2, 0) is 6.42 Å². The van der Waals surface area contributed by atoms with Crippen molar-refractivity contribution in [2.45, 2.75) is 17.5 Å². The van der Waals surface area contributed by atoms with Gasteiger partial charge in [0.05, 0.1) is 10.9 Å². The van der Waals surface area contributed by atoms with Crippen molar-refractivity contribution >= 4 is 18.6 Å². The Bertz CT molecular complexity index is 462. The number of thiol groups is 1. The topological polar surface area (TPSA) is 40.5 Å². The van der Waals surface area contributed by atoms with E-state index in [-0.39, 0.29) is 11.1 Å². The molecule has 0 aliphatic carbocycles. The lowest BCUT2D eigenvalue weighted by Gasteiger charge is -2.29. The summed E-state index contributed by atoms with van der Waals surface area (Å²) < 4.78 is 63.8.